The molecule has 2 aromatic heterocycles. The summed E-state index contributed by atoms with van der Waals surface area (Å²) in [6.07, 6.45) is 5.09. The van der Waals surface area contributed by atoms with Crippen molar-refractivity contribution in [1.29, 1.82) is 0 Å². The lowest BCUT2D eigenvalue weighted by atomic mass is 9.90. The summed E-state index contributed by atoms with van der Waals surface area (Å²) < 4.78 is 0. The van der Waals surface area contributed by atoms with E-state index in [2.05, 4.69) is 34.2 Å². The molecule has 25 heavy (non-hydrogen) atoms. The van der Waals surface area contributed by atoms with Crippen LogP contribution in [0.15, 0.2) is 42.0 Å². The molecule has 0 aliphatic carbocycles. The number of pyridine rings is 1. The van der Waals surface area contributed by atoms with E-state index in [9.17, 15) is 4.79 Å². The van der Waals surface area contributed by atoms with Gasteiger partial charge in [0.05, 0.1) is 16.7 Å². The normalized spacial score (nSPS) is 17.8. The summed E-state index contributed by atoms with van der Waals surface area (Å²) in [7, 11) is 0. The van der Waals surface area contributed by atoms with Crippen LogP contribution >= 0.6 is 11.3 Å². The zero-order valence-electron chi connectivity index (χ0n) is 14.3. The number of carbonyl (C=O) groups excluding carboxylic acids is 1. The molecule has 1 aliphatic heterocycles. The number of benzene rings is 1. The number of aryl methyl sites for hydroxylation is 1. The maximum absolute atomic E-state index is 12.7. The predicted molar refractivity (Wildman–Crippen MR) is 101 cm³/mol. The Morgan fingerprint density at radius 2 is 2.24 bits per heavy atom. The molecule has 1 fully saturated rings. The maximum Gasteiger partial charge on any atom is 0.265 e. The lowest BCUT2D eigenvalue weighted by molar-refractivity contribution is 0.0677. The van der Waals surface area contributed by atoms with Gasteiger partial charge in [-0.3, -0.25) is 9.78 Å². The molecule has 3 heterocycles. The van der Waals surface area contributed by atoms with Crippen LogP contribution in [0.5, 0.6) is 0 Å². The SMILES string of the molecule is Cc1ncsc1C(=O)N1CCCC(Cc2ccc3ncccc3c2)C1. The minimum absolute atomic E-state index is 0.146. The molecule has 1 atom stereocenters. The number of piperidine rings is 1. The molecule has 0 bridgehead atoms. The van der Waals surface area contributed by atoms with Gasteiger partial charge in [-0.1, -0.05) is 12.1 Å². The molecule has 128 valence electrons. The number of likely N-dealkylation sites (tertiary alicyclic amines) is 1. The Labute approximate surface area is 151 Å². The van der Waals surface area contributed by atoms with Gasteiger partial charge in [-0.15, -0.1) is 11.3 Å². The van der Waals surface area contributed by atoms with E-state index in [0.717, 1.165) is 42.0 Å². The van der Waals surface area contributed by atoms with Crippen LogP contribution in [0.2, 0.25) is 0 Å². The van der Waals surface area contributed by atoms with E-state index in [1.54, 1.807) is 5.51 Å². The molecule has 4 nitrogen and oxygen atoms in total. The molecule has 1 aliphatic rings. The Bertz CT molecular complexity index is 905. The zero-order valence-corrected chi connectivity index (χ0v) is 15.1. The number of carbonyl (C=O) groups is 1. The summed E-state index contributed by atoms with van der Waals surface area (Å²) in [5.74, 6) is 0.660. The van der Waals surface area contributed by atoms with Crippen LogP contribution in [0.3, 0.4) is 0 Å². The molecule has 0 spiro atoms. The van der Waals surface area contributed by atoms with Gasteiger partial charge in [0.1, 0.15) is 4.88 Å². The largest absolute Gasteiger partial charge is 0.338 e. The fraction of sp³-hybridized carbons (Fsp3) is 0.350. The minimum atomic E-state index is 0.146. The predicted octanol–water partition coefficient (Wildman–Crippen LogP) is 4.09. The zero-order chi connectivity index (χ0) is 17.2. The molecule has 1 unspecified atom stereocenters. The maximum atomic E-state index is 12.7. The van der Waals surface area contributed by atoms with Gasteiger partial charge in [0.2, 0.25) is 0 Å². The van der Waals surface area contributed by atoms with Gasteiger partial charge in [0, 0.05) is 24.7 Å². The van der Waals surface area contributed by atoms with E-state index in [4.69, 9.17) is 0 Å². The number of nitrogens with zero attached hydrogens (tertiary/aromatic N) is 3. The molecule has 0 radical (unpaired) electrons. The minimum Gasteiger partial charge on any atom is -0.338 e. The fourth-order valence-corrected chi connectivity index (χ4v) is 4.42. The molecular weight excluding hydrogens is 330 g/mol. The van der Waals surface area contributed by atoms with E-state index in [1.807, 2.05) is 24.1 Å². The lowest BCUT2D eigenvalue weighted by Crippen LogP contribution is -2.40. The summed E-state index contributed by atoms with van der Waals surface area (Å²) in [4.78, 5) is 24.1. The molecule has 3 aromatic rings. The molecule has 0 saturated carbocycles. The quantitative estimate of drug-likeness (QED) is 0.714. The summed E-state index contributed by atoms with van der Waals surface area (Å²) in [5, 5.41) is 1.18. The highest BCUT2D eigenvalue weighted by atomic mass is 32.1. The first-order valence-corrected chi connectivity index (χ1v) is 9.61. The number of amides is 1. The fourth-order valence-electron chi connectivity index (χ4n) is 3.65. The Balaban J connectivity index is 1.47. The molecule has 0 N–H and O–H groups in total. The first-order chi connectivity index (χ1) is 12.2. The van der Waals surface area contributed by atoms with Gasteiger partial charge in [-0.2, -0.15) is 0 Å². The Hall–Kier alpha value is -2.27. The van der Waals surface area contributed by atoms with Gasteiger partial charge in [-0.05, 0) is 55.9 Å². The van der Waals surface area contributed by atoms with Crippen molar-refractivity contribution in [3.63, 3.8) is 0 Å². The highest BCUT2D eigenvalue weighted by Crippen LogP contribution is 2.25. The molecule has 5 heteroatoms. The third-order valence-electron chi connectivity index (χ3n) is 4.94. The number of thiazole rings is 1. The highest BCUT2D eigenvalue weighted by molar-refractivity contribution is 7.11. The van der Waals surface area contributed by atoms with Crippen LogP contribution in [-0.4, -0.2) is 33.9 Å². The summed E-state index contributed by atoms with van der Waals surface area (Å²) in [6, 6.07) is 10.6. The molecule has 1 amide bonds. The molecule has 4 rings (SSSR count). The van der Waals surface area contributed by atoms with Gasteiger partial charge in [0.15, 0.2) is 0 Å². The number of rotatable bonds is 3. The smallest absolute Gasteiger partial charge is 0.265 e. The number of hydrogen-bond donors (Lipinski definition) is 0. The molecule has 1 saturated heterocycles. The van der Waals surface area contributed by atoms with Gasteiger partial charge in [0.25, 0.3) is 5.91 Å². The van der Waals surface area contributed by atoms with Crippen LogP contribution in [0.1, 0.15) is 33.8 Å². The van der Waals surface area contributed by atoms with Crippen LogP contribution in [-0.2, 0) is 6.42 Å². The van der Waals surface area contributed by atoms with Crippen LogP contribution in [0.25, 0.3) is 10.9 Å². The first kappa shape index (κ1) is 16.2. The third kappa shape index (κ3) is 3.42. The highest BCUT2D eigenvalue weighted by Gasteiger charge is 2.26. The molecule has 1 aromatic carbocycles. The van der Waals surface area contributed by atoms with Crippen LogP contribution in [0.4, 0.5) is 0 Å². The Morgan fingerprint density at radius 3 is 3.08 bits per heavy atom. The van der Waals surface area contributed by atoms with Crippen molar-refractivity contribution >= 4 is 28.1 Å². The second kappa shape index (κ2) is 6.92. The van der Waals surface area contributed by atoms with Crippen molar-refractivity contribution in [2.75, 3.05) is 13.1 Å². The summed E-state index contributed by atoms with van der Waals surface area (Å²) in [6.45, 7) is 3.60. The first-order valence-electron chi connectivity index (χ1n) is 8.74. The van der Waals surface area contributed by atoms with E-state index in [0.29, 0.717) is 5.92 Å². The van der Waals surface area contributed by atoms with Crippen molar-refractivity contribution in [1.82, 2.24) is 14.9 Å². The average Bonchev–Trinajstić information content (AvgIpc) is 3.07. The monoisotopic (exact) mass is 351 g/mol. The van der Waals surface area contributed by atoms with Crippen molar-refractivity contribution in [3.05, 3.63) is 58.2 Å². The van der Waals surface area contributed by atoms with Gasteiger partial charge >= 0.3 is 0 Å². The second-order valence-electron chi connectivity index (χ2n) is 6.76. The standard InChI is InChI=1S/C20H21N3OS/c1-14-19(25-13-22-14)20(24)23-9-3-4-16(12-23)10-15-6-7-18-17(11-15)5-2-8-21-18/h2,5-8,11,13,16H,3-4,9-10,12H2,1H3. The number of hydrogen-bond acceptors (Lipinski definition) is 4. The van der Waals surface area contributed by atoms with Crippen molar-refractivity contribution in [2.24, 2.45) is 5.92 Å². The average molecular weight is 351 g/mol. The van der Waals surface area contributed by atoms with Crippen LogP contribution < -0.4 is 0 Å². The number of fused-ring (bicyclic) bond motifs is 1. The molecular formula is C20H21N3OS. The van der Waals surface area contributed by atoms with E-state index < -0.39 is 0 Å². The van der Waals surface area contributed by atoms with Crippen molar-refractivity contribution in [2.45, 2.75) is 26.2 Å². The Kier molecular flexibility index (Phi) is 4.49. The van der Waals surface area contributed by atoms with E-state index in [-0.39, 0.29) is 5.91 Å². The third-order valence-corrected chi connectivity index (χ3v) is 5.85. The van der Waals surface area contributed by atoms with Gasteiger partial charge in [-0.25, -0.2) is 4.98 Å². The van der Waals surface area contributed by atoms with Gasteiger partial charge < -0.3 is 4.90 Å². The topological polar surface area (TPSA) is 46.1 Å². The Morgan fingerprint density at radius 1 is 1.32 bits per heavy atom. The van der Waals surface area contributed by atoms with Crippen molar-refractivity contribution < 1.29 is 4.79 Å². The summed E-state index contributed by atoms with van der Waals surface area (Å²) >= 11 is 1.45. The second-order valence-corrected chi connectivity index (χ2v) is 7.62. The van der Waals surface area contributed by atoms with Crippen molar-refractivity contribution in [3.8, 4) is 0 Å². The van der Waals surface area contributed by atoms with E-state index in [1.165, 1.54) is 28.7 Å². The summed E-state index contributed by atoms with van der Waals surface area (Å²) in [5.41, 5.74) is 4.97. The lowest BCUT2D eigenvalue weighted by Gasteiger charge is -2.32. The van der Waals surface area contributed by atoms with Crippen LogP contribution in [0, 0.1) is 12.8 Å². The number of aromatic nitrogens is 2. The van der Waals surface area contributed by atoms with E-state index >= 15 is 0 Å².